The molecule has 1 rings (SSSR count). The third-order valence-corrected chi connectivity index (χ3v) is 17.6. The highest BCUT2D eigenvalue weighted by Gasteiger charge is 2.40. The van der Waals surface area contributed by atoms with Gasteiger partial charge in [0.25, 0.3) is 0 Å². The van der Waals surface area contributed by atoms with Crippen LogP contribution < -0.4 is 0 Å². The topological polar surface area (TPSA) is 71.1 Å². The number of carbonyl (C=O) groups is 2. The van der Waals surface area contributed by atoms with Crippen LogP contribution in [0.25, 0.3) is 0 Å². The van der Waals surface area contributed by atoms with Gasteiger partial charge in [0.15, 0.2) is 8.32 Å². The van der Waals surface area contributed by atoms with Gasteiger partial charge in [-0.05, 0) is 24.2 Å². The Hall–Kier alpha value is -1.23. The van der Waals surface area contributed by atoms with Gasteiger partial charge in [0, 0.05) is 13.8 Å². The van der Waals surface area contributed by atoms with Crippen LogP contribution in [-0.2, 0) is 28.2 Å². The van der Waals surface area contributed by atoms with E-state index in [1.807, 2.05) is 12.2 Å². The summed E-state index contributed by atoms with van der Waals surface area (Å²) in [4.78, 5) is 22.9. The van der Waals surface area contributed by atoms with Crippen LogP contribution in [0, 0.1) is 0 Å². The fourth-order valence-corrected chi connectivity index (χ4v) is 8.74. The van der Waals surface area contributed by atoms with Gasteiger partial charge in [-0.25, -0.2) is 0 Å². The summed E-state index contributed by atoms with van der Waals surface area (Å²) in [6.45, 7) is 21.6. The van der Waals surface area contributed by atoms with E-state index in [1.54, 1.807) is 0 Å². The van der Waals surface area contributed by atoms with Crippen LogP contribution in [-0.4, -0.2) is 59.9 Å². The molecule has 1 aliphatic rings. The molecule has 0 N–H and O–H groups in total. The first kappa shape index (κ1) is 29.8. The van der Waals surface area contributed by atoms with Gasteiger partial charge in [0.2, 0.25) is 0 Å². The fourth-order valence-electron chi connectivity index (χ4n) is 3.88. The Morgan fingerprint density at radius 1 is 1.00 bits per heavy atom. The van der Waals surface area contributed by atoms with E-state index >= 15 is 0 Å². The highest BCUT2D eigenvalue weighted by Crippen LogP contribution is 2.38. The molecular formula is C25H46O6Si2. The molecule has 3 atom stereocenters. The highest BCUT2D eigenvalue weighted by atomic mass is 28.4. The maximum absolute atomic E-state index is 11.5. The molecule has 0 unspecified atom stereocenters. The fraction of sp³-hybridized carbons (Fsp3) is 0.760. The lowest BCUT2D eigenvalue weighted by Gasteiger charge is -2.39. The highest BCUT2D eigenvalue weighted by molar-refractivity contribution is 6.86. The largest absolute Gasteiger partial charge is 0.463 e. The predicted molar refractivity (Wildman–Crippen MR) is 138 cm³/mol. The second kappa shape index (κ2) is 12.5. The summed E-state index contributed by atoms with van der Waals surface area (Å²) in [5.41, 5.74) is 0. The molecule has 190 valence electrons. The molecule has 8 heteroatoms. The summed E-state index contributed by atoms with van der Waals surface area (Å²) in [5, 5.41) is 1.52. The smallest absolute Gasteiger partial charge is 0.303 e. The van der Waals surface area contributed by atoms with Crippen molar-refractivity contribution in [2.75, 3.05) is 13.2 Å². The van der Waals surface area contributed by atoms with Gasteiger partial charge in [0.05, 0.1) is 20.8 Å². The molecule has 0 bridgehead atoms. The normalized spacial score (nSPS) is 22.2. The molecule has 1 aliphatic heterocycles. The third kappa shape index (κ3) is 8.49. The minimum Gasteiger partial charge on any atom is -0.463 e. The van der Waals surface area contributed by atoms with Gasteiger partial charge in [-0.15, -0.1) is 0 Å². The van der Waals surface area contributed by atoms with Crippen molar-refractivity contribution in [3.05, 3.63) is 23.4 Å². The Bertz CT molecular complexity index is 711. The second-order valence-corrected chi connectivity index (χ2v) is 20.6. The average molecular weight is 499 g/mol. The predicted octanol–water partition coefficient (Wildman–Crippen LogP) is 5.80. The molecule has 0 aromatic heterocycles. The van der Waals surface area contributed by atoms with E-state index < -0.39 is 34.6 Å². The molecule has 0 aromatic rings. The van der Waals surface area contributed by atoms with Crippen molar-refractivity contribution in [3.63, 3.8) is 0 Å². The van der Waals surface area contributed by atoms with E-state index in [-0.39, 0.29) is 23.7 Å². The number of rotatable bonds is 11. The lowest BCUT2D eigenvalue weighted by molar-refractivity contribution is -0.161. The Morgan fingerprint density at radius 3 is 2.03 bits per heavy atom. The molecule has 0 fully saturated rings. The van der Waals surface area contributed by atoms with Crippen molar-refractivity contribution < 1.29 is 28.2 Å². The lowest BCUT2D eigenvalue weighted by Crippen LogP contribution is -2.45. The van der Waals surface area contributed by atoms with Crippen molar-refractivity contribution in [2.24, 2.45) is 0 Å². The lowest BCUT2D eigenvalue weighted by atomic mass is 10.1. The molecule has 33 heavy (non-hydrogen) atoms. The summed E-state index contributed by atoms with van der Waals surface area (Å²) in [7, 11) is -3.63. The van der Waals surface area contributed by atoms with E-state index in [1.165, 1.54) is 19.0 Å². The molecule has 0 aliphatic carbocycles. The van der Waals surface area contributed by atoms with Crippen molar-refractivity contribution >= 4 is 28.3 Å². The molecule has 0 amide bonds. The van der Waals surface area contributed by atoms with Crippen molar-refractivity contribution in [1.82, 2.24) is 0 Å². The molecule has 0 radical (unpaired) electrons. The number of hydrogen-bond donors (Lipinski definition) is 0. The summed E-state index contributed by atoms with van der Waals surface area (Å²) in [6.07, 6.45) is 4.59. The zero-order valence-corrected chi connectivity index (χ0v) is 24.4. The van der Waals surface area contributed by atoms with Crippen LogP contribution in [0.3, 0.4) is 0 Å². The van der Waals surface area contributed by atoms with Crippen molar-refractivity contribution in [2.45, 2.75) is 110 Å². The first-order valence-corrected chi connectivity index (χ1v) is 17.7. The first-order valence-electron chi connectivity index (χ1n) is 12.2. The number of carbonyl (C=O) groups excluding carboxylic acids is 2. The SMILES string of the molecule is CC[Si](CC)(CC)/C(=C/[C@@H]1C=C[C@H](OC(C)=O)[C@@H](COC(C)=O)O1)CO[Si](C)(C)C(C)(C)C. The quantitative estimate of drug-likeness (QED) is 0.204. The van der Waals surface area contributed by atoms with Crippen molar-refractivity contribution in [1.29, 1.82) is 0 Å². The summed E-state index contributed by atoms with van der Waals surface area (Å²) >= 11 is 0. The van der Waals surface area contributed by atoms with Crippen LogP contribution in [0.5, 0.6) is 0 Å². The Kier molecular flexibility index (Phi) is 11.3. The third-order valence-electron chi connectivity index (χ3n) is 7.41. The molecule has 0 saturated heterocycles. The van der Waals surface area contributed by atoms with Crippen molar-refractivity contribution in [3.8, 4) is 0 Å². The minimum atomic E-state index is -1.91. The average Bonchev–Trinajstić information content (AvgIpc) is 2.72. The summed E-state index contributed by atoms with van der Waals surface area (Å²) < 4.78 is 23.5. The number of hydrogen-bond acceptors (Lipinski definition) is 6. The van der Waals surface area contributed by atoms with E-state index in [4.69, 9.17) is 18.6 Å². The molecular weight excluding hydrogens is 452 g/mol. The zero-order valence-electron chi connectivity index (χ0n) is 22.4. The minimum absolute atomic E-state index is 0.0374. The first-order chi connectivity index (χ1) is 15.2. The van der Waals surface area contributed by atoms with Gasteiger partial charge in [-0.2, -0.15) is 0 Å². The van der Waals surface area contributed by atoms with Crippen LogP contribution >= 0.6 is 0 Å². The molecule has 1 heterocycles. The van der Waals surface area contributed by atoms with Gasteiger partial charge < -0.3 is 18.6 Å². The van der Waals surface area contributed by atoms with Crippen LogP contribution in [0.2, 0.25) is 36.3 Å². The van der Waals surface area contributed by atoms with E-state index in [2.05, 4.69) is 60.7 Å². The Morgan fingerprint density at radius 2 is 1.58 bits per heavy atom. The van der Waals surface area contributed by atoms with Crippen LogP contribution in [0.1, 0.15) is 55.4 Å². The van der Waals surface area contributed by atoms with Gasteiger partial charge in [0.1, 0.15) is 18.8 Å². The van der Waals surface area contributed by atoms with E-state index in [9.17, 15) is 9.59 Å². The number of ether oxygens (including phenoxy) is 3. The van der Waals surface area contributed by atoms with Crippen LogP contribution in [0.15, 0.2) is 23.4 Å². The second-order valence-electron chi connectivity index (χ2n) is 10.5. The zero-order chi connectivity index (χ0) is 25.4. The molecule has 0 aromatic carbocycles. The Labute approximate surface area is 203 Å². The van der Waals surface area contributed by atoms with E-state index in [0.717, 1.165) is 18.1 Å². The maximum Gasteiger partial charge on any atom is 0.303 e. The molecule has 6 nitrogen and oxygen atoms in total. The number of esters is 2. The van der Waals surface area contributed by atoms with Crippen LogP contribution in [0.4, 0.5) is 0 Å². The summed E-state index contributed by atoms with van der Waals surface area (Å²) in [5.74, 6) is -0.785. The van der Waals surface area contributed by atoms with Gasteiger partial charge >= 0.3 is 11.9 Å². The monoisotopic (exact) mass is 498 g/mol. The molecule has 0 spiro atoms. The standard InChI is InChI=1S/C25H46O6Si2/c1-11-33(12-2,13-3)22(17-29-32(9,10)25(6,7)8)16-21-14-15-23(30-20(5)27)24(31-21)18-28-19(4)26/h14-16,21,23-24H,11-13,17-18H2,1-10H3/b22-16+/t21-,23-,24+/m0/s1. The Balaban J connectivity index is 3.27. The van der Waals surface area contributed by atoms with E-state index in [0.29, 0.717) is 6.61 Å². The summed E-state index contributed by atoms with van der Waals surface area (Å²) in [6, 6.07) is 3.45. The van der Waals surface area contributed by atoms with Gasteiger partial charge in [-0.1, -0.05) is 77.0 Å². The van der Waals surface area contributed by atoms with Gasteiger partial charge in [-0.3, -0.25) is 9.59 Å². The molecule has 0 saturated carbocycles. The maximum atomic E-state index is 11.5.